The normalized spacial score (nSPS) is 14.8. The lowest BCUT2D eigenvalue weighted by Gasteiger charge is -2.16. The van der Waals surface area contributed by atoms with E-state index in [1.54, 1.807) is 0 Å². The van der Waals surface area contributed by atoms with Crippen LogP contribution in [0.3, 0.4) is 0 Å². The van der Waals surface area contributed by atoms with E-state index in [1.165, 1.54) is 12.1 Å². The monoisotopic (exact) mass is 317 g/mol. The maximum atomic E-state index is 12.7. The Morgan fingerprint density at radius 3 is 2.59 bits per heavy atom. The quantitative estimate of drug-likeness (QED) is 0.799. The molecule has 1 aliphatic rings. The lowest BCUT2D eigenvalue weighted by atomic mass is 10.2. The van der Waals surface area contributed by atoms with E-state index in [4.69, 9.17) is 4.74 Å². The zero-order chi connectivity index (χ0) is 16.3. The number of benzene rings is 1. The summed E-state index contributed by atoms with van der Waals surface area (Å²) >= 11 is 0. The van der Waals surface area contributed by atoms with E-state index in [0.717, 1.165) is 12.1 Å². The molecule has 1 aliphatic heterocycles. The lowest BCUT2D eigenvalue weighted by Crippen LogP contribution is -2.46. The summed E-state index contributed by atoms with van der Waals surface area (Å²) in [5.74, 6) is -1.98. The molecule has 0 bridgehead atoms. The van der Waals surface area contributed by atoms with Crippen LogP contribution >= 0.6 is 0 Å². The minimum atomic E-state index is -4.62. The summed E-state index contributed by atoms with van der Waals surface area (Å²) in [6.45, 7) is -1.12. The number of halogens is 3. The van der Waals surface area contributed by atoms with Crippen molar-refractivity contribution >= 4 is 17.8 Å². The molecule has 7 nitrogen and oxygen atoms in total. The number of nitrogens with one attached hydrogen (secondary N) is 2. The highest BCUT2D eigenvalue weighted by molar-refractivity contribution is 6.02. The van der Waals surface area contributed by atoms with Gasteiger partial charge in [0.05, 0.1) is 5.56 Å². The molecule has 0 spiro atoms. The zero-order valence-corrected chi connectivity index (χ0v) is 10.9. The largest absolute Gasteiger partial charge is 0.483 e. The summed E-state index contributed by atoms with van der Waals surface area (Å²) in [6, 6.07) is 3.58. The van der Waals surface area contributed by atoms with Crippen molar-refractivity contribution in [1.29, 1.82) is 0 Å². The van der Waals surface area contributed by atoms with E-state index in [2.05, 4.69) is 0 Å². The summed E-state index contributed by atoms with van der Waals surface area (Å²) in [4.78, 5) is 33.6. The second-order valence-corrected chi connectivity index (χ2v) is 4.26. The number of alkyl halides is 3. The molecule has 0 atom stereocenters. The molecule has 0 saturated carbocycles. The van der Waals surface area contributed by atoms with Crippen LogP contribution in [0.2, 0.25) is 0 Å². The van der Waals surface area contributed by atoms with Crippen molar-refractivity contribution in [1.82, 2.24) is 15.8 Å². The fraction of sp³-hybridized carbons (Fsp3) is 0.250. The van der Waals surface area contributed by atoms with E-state index >= 15 is 0 Å². The van der Waals surface area contributed by atoms with Crippen molar-refractivity contribution in [2.75, 3.05) is 13.2 Å². The predicted molar refractivity (Wildman–Crippen MR) is 65.3 cm³/mol. The van der Waals surface area contributed by atoms with E-state index in [1.807, 2.05) is 10.7 Å². The van der Waals surface area contributed by atoms with Gasteiger partial charge in [-0.2, -0.15) is 13.2 Å². The number of urea groups is 1. The first-order valence-electron chi connectivity index (χ1n) is 5.97. The first-order chi connectivity index (χ1) is 10.3. The van der Waals surface area contributed by atoms with Gasteiger partial charge in [-0.1, -0.05) is 12.1 Å². The number of imide groups is 1. The van der Waals surface area contributed by atoms with Gasteiger partial charge < -0.3 is 4.74 Å². The van der Waals surface area contributed by atoms with E-state index < -0.39 is 41.9 Å². The number of para-hydroxylation sites is 1. The number of nitrogens with zero attached hydrogens (tertiary/aromatic N) is 1. The maximum Gasteiger partial charge on any atom is 0.419 e. The molecule has 0 radical (unpaired) electrons. The van der Waals surface area contributed by atoms with Crippen molar-refractivity contribution in [3.05, 3.63) is 29.8 Å². The molecule has 22 heavy (non-hydrogen) atoms. The highest BCUT2D eigenvalue weighted by Crippen LogP contribution is 2.35. The SMILES string of the molecule is O=C1CN(NC(=O)COc2ccccc2C(F)(F)F)C(=O)N1. The molecule has 10 heteroatoms. The zero-order valence-electron chi connectivity index (χ0n) is 10.9. The molecular formula is C12H10F3N3O4. The van der Waals surface area contributed by atoms with Crippen molar-refractivity contribution in [3.8, 4) is 5.75 Å². The van der Waals surface area contributed by atoms with Crippen LogP contribution in [0.15, 0.2) is 24.3 Å². The van der Waals surface area contributed by atoms with Crippen molar-refractivity contribution < 1.29 is 32.3 Å². The molecule has 1 heterocycles. The molecule has 1 aromatic carbocycles. The van der Waals surface area contributed by atoms with Gasteiger partial charge in [0.15, 0.2) is 6.61 Å². The Morgan fingerprint density at radius 1 is 1.32 bits per heavy atom. The highest BCUT2D eigenvalue weighted by Gasteiger charge is 2.34. The number of amides is 4. The van der Waals surface area contributed by atoms with Crippen LogP contribution in [0.25, 0.3) is 0 Å². The summed E-state index contributed by atoms with van der Waals surface area (Å²) in [5.41, 5.74) is 1.03. The summed E-state index contributed by atoms with van der Waals surface area (Å²) in [5, 5.41) is 2.62. The molecule has 0 aromatic heterocycles. The third kappa shape index (κ3) is 3.65. The molecule has 4 amide bonds. The van der Waals surface area contributed by atoms with E-state index in [0.29, 0.717) is 5.01 Å². The predicted octanol–water partition coefficient (Wildman–Crippen LogP) is 0.667. The van der Waals surface area contributed by atoms with Crippen LogP contribution in [-0.2, 0) is 15.8 Å². The number of ether oxygens (including phenoxy) is 1. The van der Waals surface area contributed by atoms with Crippen molar-refractivity contribution in [2.45, 2.75) is 6.18 Å². The van der Waals surface area contributed by atoms with Gasteiger partial charge in [0.25, 0.3) is 5.91 Å². The smallest absolute Gasteiger partial charge is 0.419 e. The van der Waals surface area contributed by atoms with Gasteiger partial charge in [-0.3, -0.25) is 20.3 Å². The van der Waals surface area contributed by atoms with Gasteiger partial charge in [0, 0.05) is 0 Å². The van der Waals surface area contributed by atoms with Gasteiger partial charge in [0.2, 0.25) is 5.91 Å². The Balaban J connectivity index is 1.95. The molecule has 0 aliphatic carbocycles. The van der Waals surface area contributed by atoms with Crippen molar-refractivity contribution in [3.63, 3.8) is 0 Å². The number of carbonyl (C=O) groups is 3. The van der Waals surface area contributed by atoms with E-state index in [9.17, 15) is 27.6 Å². The Hall–Kier alpha value is -2.78. The second-order valence-electron chi connectivity index (χ2n) is 4.26. The maximum absolute atomic E-state index is 12.7. The first kappa shape index (κ1) is 15.6. The average molecular weight is 317 g/mol. The molecular weight excluding hydrogens is 307 g/mol. The standard InChI is InChI=1S/C12H10F3N3O4/c13-12(14,15)7-3-1-2-4-8(7)22-6-10(20)17-18-5-9(19)16-11(18)21/h1-4H,5-6H2,(H,17,20)(H,16,19,21). The summed E-state index contributed by atoms with van der Waals surface area (Å²) in [6.07, 6.45) is -4.62. The van der Waals surface area contributed by atoms with Crippen LogP contribution in [0, 0.1) is 0 Å². The van der Waals surface area contributed by atoms with Crippen LogP contribution in [-0.4, -0.2) is 36.0 Å². The highest BCUT2D eigenvalue weighted by atomic mass is 19.4. The average Bonchev–Trinajstić information content (AvgIpc) is 2.74. The first-order valence-corrected chi connectivity index (χ1v) is 5.97. The van der Waals surface area contributed by atoms with Crippen LogP contribution in [0.5, 0.6) is 5.75 Å². The van der Waals surface area contributed by atoms with Gasteiger partial charge in [0.1, 0.15) is 12.3 Å². The van der Waals surface area contributed by atoms with Gasteiger partial charge in [-0.25, -0.2) is 9.80 Å². The van der Waals surface area contributed by atoms with Gasteiger partial charge in [-0.15, -0.1) is 0 Å². The molecule has 2 rings (SSSR count). The fourth-order valence-electron chi connectivity index (χ4n) is 1.68. The summed E-state index contributed by atoms with van der Waals surface area (Å²) < 4.78 is 43.0. The second kappa shape index (κ2) is 5.92. The lowest BCUT2D eigenvalue weighted by molar-refractivity contribution is -0.140. The third-order valence-corrected chi connectivity index (χ3v) is 2.60. The Bertz CT molecular complexity index is 618. The third-order valence-electron chi connectivity index (χ3n) is 2.60. The topological polar surface area (TPSA) is 87.7 Å². The van der Waals surface area contributed by atoms with Crippen LogP contribution in [0.4, 0.5) is 18.0 Å². The minimum absolute atomic E-state index is 0.371. The molecule has 1 saturated heterocycles. The summed E-state index contributed by atoms with van der Waals surface area (Å²) in [7, 11) is 0. The number of hydrogen-bond acceptors (Lipinski definition) is 4. The number of hydrogen-bond donors (Lipinski definition) is 2. The Kier molecular flexibility index (Phi) is 4.20. The number of hydrazine groups is 1. The Labute approximate surface area is 122 Å². The fourth-order valence-corrected chi connectivity index (χ4v) is 1.68. The van der Waals surface area contributed by atoms with Crippen molar-refractivity contribution in [2.24, 2.45) is 0 Å². The number of rotatable bonds is 4. The van der Waals surface area contributed by atoms with E-state index in [-0.39, 0.29) is 6.54 Å². The van der Waals surface area contributed by atoms with Gasteiger partial charge in [-0.05, 0) is 12.1 Å². The molecule has 118 valence electrons. The molecule has 0 unspecified atom stereocenters. The van der Waals surface area contributed by atoms with Crippen LogP contribution in [0.1, 0.15) is 5.56 Å². The van der Waals surface area contributed by atoms with Crippen LogP contribution < -0.4 is 15.5 Å². The number of carbonyl (C=O) groups excluding carboxylic acids is 3. The minimum Gasteiger partial charge on any atom is -0.483 e. The van der Waals surface area contributed by atoms with Gasteiger partial charge >= 0.3 is 12.2 Å². The Morgan fingerprint density at radius 2 is 2.00 bits per heavy atom. The molecule has 1 fully saturated rings. The molecule has 2 N–H and O–H groups in total. The molecule has 1 aromatic rings.